The monoisotopic (exact) mass is 357 g/mol. The summed E-state index contributed by atoms with van der Waals surface area (Å²) in [6, 6.07) is 14.2. The van der Waals surface area contributed by atoms with Crippen LogP contribution in [0.1, 0.15) is 31.9 Å². The molecule has 25 heavy (non-hydrogen) atoms. The Bertz CT molecular complexity index is 872. The largest absolute Gasteiger partial charge is 0.323 e. The van der Waals surface area contributed by atoms with E-state index in [0.717, 1.165) is 11.8 Å². The third-order valence-corrected chi connectivity index (χ3v) is 4.88. The van der Waals surface area contributed by atoms with Gasteiger partial charge >= 0.3 is 0 Å². The third-order valence-electron chi connectivity index (χ3n) is 3.75. The van der Waals surface area contributed by atoms with Gasteiger partial charge < -0.3 is 5.32 Å². The molecular formula is C20H23NO3S. The van der Waals surface area contributed by atoms with Crippen LogP contribution >= 0.6 is 0 Å². The summed E-state index contributed by atoms with van der Waals surface area (Å²) in [7, 11) is -3.24. The van der Waals surface area contributed by atoms with Crippen molar-refractivity contribution in [1.82, 2.24) is 0 Å². The molecular weight excluding hydrogens is 334 g/mol. The molecule has 0 aliphatic heterocycles. The fourth-order valence-corrected chi connectivity index (χ4v) is 2.87. The quantitative estimate of drug-likeness (QED) is 0.840. The first-order valence-electron chi connectivity index (χ1n) is 7.95. The van der Waals surface area contributed by atoms with Crippen molar-refractivity contribution in [1.29, 1.82) is 0 Å². The zero-order valence-electron chi connectivity index (χ0n) is 14.9. The Hall–Kier alpha value is -2.40. The van der Waals surface area contributed by atoms with E-state index in [0.29, 0.717) is 5.69 Å². The van der Waals surface area contributed by atoms with E-state index in [1.54, 1.807) is 18.2 Å². The van der Waals surface area contributed by atoms with E-state index in [1.807, 2.05) is 12.1 Å². The van der Waals surface area contributed by atoms with Gasteiger partial charge in [0.1, 0.15) is 0 Å². The number of hydrogen-bond donors (Lipinski definition) is 1. The van der Waals surface area contributed by atoms with Crippen LogP contribution in [0.5, 0.6) is 0 Å². The van der Waals surface area contributed by atoms with Gasteiger partial charge in [-0.2, -0.15) is 0 Å². The van der Waals surface area contributed by atoms with Crippen LogP contribution < -0.4 is 5.32 Å². The zero-order valence-corrected chi connectivity index (χ0v) is 15.7. The van der Waals surface area contributed by atoms with E-state index < -0.39 is 9.84 Å². The molecule has 4 nitrogen and oxygen atoms in total. The van der Waals surface area contributed by atoms with Crippen molar-refractivity contribution in [2.45, 2.75) is 31.1 Å². The van der Waals surface area contributed by atoms with Crippen molar-refractivity contribution < 1.29 is 13.2 Å². The number of benzene rings is 2. The van der Waals surface area contributed by atoms with Crippen LogP contribution in [0.15, 0.2) is 59.5 Å². The Labute approximate surface area is 149 Å². The van der Waals surface area contributed by atoms with Gasteiger partial charge in [0.15, 0.2) is 9.84 Å². The Balaban J connectivity index is 2.01. The predicted octanol–water partition coefficient (Wildman–Crippen LogP) is 4.04. The van der Waals surface area contributed by atoms with Crippen LogP contribution in [0, 0.1) is 0 Å². The topological polar surface area (TPSA) is 63.2 Å². The smallest absolute Gasteiger partial charge is 0.248 e. The molecule has 132 valence electrons. The molecule has 5 heteroatoms. The summed E-state index contributed by atoms with van der Waals surface area (Å²) in [6.45, 7) is 6.46. The van der Waals surface area contributed by atoms with Crippen molar-refractivity contribution >= 4 is 27.5 Å². The van der Waals surface area contributed by atoms with Crippen molar-refractivity contribution in [3.8, 4) is 0 Å². The SMILES string of the molecule is CC(C)(C)c1ccc(C=CC(=O)Nc2ccc(S(C)(=O)=O)cc2)cc1. The average Bonchev–Trinajstić information content (AvgIpc) is 2.52. The fourth-order valence-electron chi connectivity index (χ4n) is 2.24. The highest BCUT2D eigenvalue weighted by molar-refractivity contribution is 7.90. The second-order valence-electron chi connectivity index (χ2n) is 6.99. The summed E-state index contributed by atoms with van der Waals surface area (Å²) < 4.78 is 22.8. The van der Waals surface area contributed by atoms with Crippen LogP contribution in [0.3, 0.4) is 0 Å². The predicted molar refractivity (Wildman–Crippen MR) is 102 cm³/mol. The summed E-state index contributed by atoms with van der Waals surface area (Å²) in [4.78, 5) is 12.2. The molecule has 2 aromatic rings. The minimum absolute atomic E-state index is 0.0950. The number of carbonyl (C=O) groups is 1. The maximum absolute atomic E-state index is 12.0. The molecule has 0 unspecified atom stereocenters. The third kappa shape index (κ3) is 5.57. The molecule has 1 N–H and O–H groups in total. The maximum Gasteiger partial charge on any atom is 0.248 e. The van der Waals surface area contributed by atoms with Crippen molar-refractivity contribution in [2.24, 2.45) is 0 Å². The molecule has 0 bridgehead atoms. The zero-order chi connectivity index (χ0) is 18.7. The van der Waals surface area contributed by atoms with Crippen molar-refractivity contribution in [3.05, 3.63) is 65.7 Å². The normalized spacial score (nSPS) is 12.3. The second kappa shape index (κ2) is 7.23. The summed E-state index contributed by atoms with van der Waals surface area (Å²) in [6.07, 6.45) is 4.34. The first-order chi connectivity index (χ1) is 11.6. The average molecular weight is 357 g/mol. The highest BCUT2D eigenvalue weighted by Gasteiger charge is 2.12. The van der Waals surface area contributed by atoms with E-state index in [-0.39, 0.29) is 16.2 Å². The number of nitrogens with one attached hydrogen (secondary N) is 1. The van der Waals surface area contributed by atoms with Crippen LogP contribution in [0.25, 0.3) is 6.08 Å². The lowest BCUT2D eigenvalue weighted by Crippen LogP contribution is -2.10. The number of amides is 1. The number of hydrogen-bond acceptors (Lipinski definition) is 3. The lowest BCUT2D eigenvalue weighted by molar-refractivity contribution is -0.111. The Morgan fingerprint density at radius 1 is 0.960 bits per heavy atom. The highest BCUT2D eigenvalue weighted by Crippen LogP contribution is 2.22. The van der Waals surface area contributed by atoms with Gasteiger partial charge in [-0.3, -0.25) is 4.79 Å². The first-order valence-corrected chi connectivity index (χ1v) is 9.84. The van der Waals surface area contributed by atoms with Gasteiger partial charge in [-0.1, -0.05) is 45.0 Å². The van der Waals surface area contributed by atoms with E-state index in [4.69, 9.17) is 0 Å². The molecule has 0 spiro atoms. The summed E-state index contributed by atoms with van der Waals surface area (Å²) >= 11 is 0. The second-order valence-corrected chi connectivity index (χ2v) is 9.01. The molecule has 0 saturated heterocycles. The van der Waals surface area contributed by atoms with Crippen molar-refractivity contribution in [3.63, 3.8) is 0 Å². The highest BCUT2D eigenvalue weighted by atomic mass is 32.2. The number of rotatable bonds is 4. The molecule has 1 amide bonds. The lowest BCUT2D eigenvalue weighted by Gasteiger charge is -2.18. The van der Waals surface area contributed by atoms with Gasteiger partial charge in [0, 0.05) is 18.0 Å². The molecule has 0 aliphatic rings. The molecule has 0 atom stereocenters. The molecule has 0 aliphatic carbocycles. The van der Waals surface area contributed by atoms with Gasteiger partial charge in [-0.15, -0.1) is 0 Å². The van der Waals surface area contributed by atoms with Gasteiger partial charge in [-0.25, -0.2) is 8.42 Å². The van der Waals surface area contributed by atoms with Gasteiger partial charge in [-0.05, 0) is 46.9 Å². The molecule has 0 fully saturated rings. The van der Waals surface area contributed by atoms with E-state index in [2.05, 4.69) is 38.2 Å². The van der Waals surface area contributed by atoms with E-state index in [1.165, 1.54) is 23.8 Å². The summed E-state index contributed by atoms with van der Waals surface area (Å²) in [5.41, 5.74) is 2.82. The molecule has 2 rings (SSSR count). The van der Waals surface area contributed by atoms with Crippen LogP contribution in [0.2, 0.25) is 0 Å². The number of carbonyl (C=O) groups excluding carboxylic acids is 1. The Kier molecular flexibility index (Phi) is 5.48. The Morgan fingerprint density at radius 2 is 1.52 bits per heavy atom. The minimum Gasteiger partial charge on any atom is -0.323 e. The van der Waals surface area contributed by atoms with Crippen molar-refractivity contribution in [2.75, 3.05) is 11.6 Å². The van der Waals surface area contributed by atoms with Crippen LogP contribution in [-0.4, -0.2) is 20.6 Å². The summed E-state index contributed by atoms with van der Waals surface area (Å²) in [5, 5.41) is 2.71. The van der Waals surface area contributed by atoms with E-state index >= 15 is 0 Å². The number of anilines is 1. The number of sulfone groups is 1. The van der Waals surface area contributed by atoms with Crippen LogP contribution in [-0.2, 0) is 20.0 Å². The molecule has 0 heterocycles. The Morgan fingerprint density at radius 3 is 2.00 bits per heavy atom. The van der Waals surface area contributed by atoms with Gasteiger partial charge in [0.05, 0.1) is 4.90 Å². The van der Waals surface area contributed by atoms with Crippen LogP contribution in [0.4, 0.5) is 5.69 Å². The standard InChI is InChI=1S/C20H23NO3S/c1-20(2,3)16-8-5-15(6-9-16)7-14-19(22)21-17-10-12-18(13-11-17)25(4,23)24/h5-14H,1-4H3,(H,21,22). The maximum atomic E-state index is 12.0. The van der Waals surface area contributed by atoms with Gasteiger partial charge in [0.25, 0.3) is 0 Å². The lowest BCUT2D eigenvalue weighted by atomic mass is 9.87. The van der Waals surface area contributed by atoms with Gasteiger partial charge in [0.2, 0.25) is 5.91 Å². The first kappa shape index (κ1) is 18.9. The fraction of sp³-hybridized carbons (Fsp3) is 0.250. The molecule has 0 saturated carbocycles. The summed E-state index contributed by atoms with van der Waals surface area (Å²) in [5.74, 6) is -0.271. The minimum atomic E-state index is -3.24. The molecule has 2 aromatic carbocycles. The van der Waals surface area contributed by atoms with E-state index in [9.17, 15) is 13.2 Å². The molecule has 0 aromatic heterocycles. The molecule has 0 radical (unpaired) electrons.